The molecule has 0 aromatic heterocycles. The predicted octanol–water partition coefficient (Wildman–Crippen LogP) is 3.21. The summed E-state index contributed by atoms with van der Waals surface area (Å²) >= 11 is 3.30. The highest BCUT2D eigenvalue weighted by Crippen LogP contribution is 2.15. The van der Waals surface area contributed by atoms with Crippen LogP contribution in [0.3, 0.4) is 0 Å². The maximum Gasteiger partial charge on any atom is 0.344 e. The maximum absolute atomic E-state index is 11.7. The lowest BCUT2D eigenvalue weighted by atomic mass is 10.1. The summed E-state index contributed by atoms with van der Waals surface area (Å²) in [7, 11) is 0. The quantitative estimate of drug-likeness (QED) is 0.564. The second-order valence-corrected chi connectivity index (χ2v) is 6.00. The smallest absolute Gasteiger partial charge is 0.344 e. The lowest BCUT2D eigenvalue weighted by molar-refractivity contribution is -0.149. The summed E-state index contributed by atoms with van der Waals surface area (Å²) in [6.45, 7) is 0.730. The van der Waals surface area contributed by atoms with Crippen molar-refractivity contribution < 1.29 is 23.9 Å². The molecule has 130 valence electrons. The van der Waals surface area contributed by atoms with Crippen LogP contribution >= 0.6 is 15.9 Å². The van der Waals surface area contributed by atoms with Crippen LogP contribution in [0.25, 0.3) is 0 Å². The van der Waals surface area contributed by atoms with Crippen molar-refractivity contribution in [2.24, 2.45) is 0 Å². The molecule has 1 amide bonds. The number of ketones is 1. The van der Waals surface area contributed by atoms with Crippen LogP contribution in [0.15, 0.2) is 53.0 Å². The molecular weight excluding hydrogens is 390 g/mol. The van der Waals surface area contributed by atoms with Gasteiger partial charge in [-0.25, -0.2) is 4.79 Å². The second kappa shape index (κ2) is 8.98. The molecule has 0 heterocycles. The normalized spacial score (nSPS) is 10.0. The fourth-order valence-electron chi connectivity index (χ4n) is 1.88. The fraction of sp³-hybridized carbons (Fsp3) is 0.167. The number of ether oxygens (including phenoxy) is 2. The molecule has 0 spiro atoms. The molecular formula is C18H16BrNO5. The van der Waals surface area contributed by atoms with Crippen molar-refractivity contribution in [3.8, 4) is 5.75 Å². The van der Waals surface area contributed by atoms with Crippen molar-refractivity contribution in [1.29, 1.82) is 0 Å². The number of hydrogen-bond acceptors (Lipinski definition) is 5. The molecule has 1 N–H and O–H groups in total. The van der Waals surface area contributed by atoms with E-state index in [2.05, 4.69) is 21.2 Å². The summed E-state index contributed by atoms with van der Waals surface area (Å²) in [5, 5.41) is 2.61. The molecule has 0 saturated heterocycles. The van der Waals surface area contributed by atoms with Crippen LogP contribution in [0.5, 0.6) is 5.75 Å². The fourth-order valence-corrected chi connectivity index (χ4v) is 2.28. The van der Waals surface area contributed by atoms with E-state index >= 15 is 0 Å². The van der Waals surface area contributed by atoms with Crippen LogP contribution in [0.1, 0.15) is 17.3 Å². The van der Waals surface area contributed by atoms with E-state index in [0.717, 1.165) is 4.47 Å². The molecule has 25 heavy (non-hydrogen) atoms. The first-order chi connectivity index (χ1) is 11.9. The van der Waals surface area contributed by atoms with Crippen LogP contribution in [0, 0.1) is 0 Å². The molecule has 6 nitrogen and oxygen atoms in total. The van der Waals surface area contributed by atoms with Gasteiger partial charge in [0.25, 0.3) is 5.91 Å². The van der Waals surface area contributed by atoms with Gasteiger partial charge in [-0.2, -0.15) is 0 Å². The van der Waals surface area contributed by atoms with Gasteiger partial charge in [0.05, 0.1) is 0 Å². The van der Waals surface area contributed by atoms with Crippen LogP contribution in [-0.4, -0.2) is 30.9 Å². The Hall–Kier alpha value is -2.67. The highest BCUT2D eigenvalue weighted by Gasteiger charge is 2.09. The SMILES string of the molecule is CC(=O)c1ccc(OCC(=O)OCC(=O)Nc2cccc(Br)c2)cc1. The summed E-state index contributed by atoms with van der Waals surface area (Å²) in [6, 6.07) is 13.4. The number of hydrogen-bond donors (Lipinski definition) is 1. The number of anilines is 1. The highest BCUT2D eigenvalue weighted by atomic mass is 79.9. The van der Waals surface area contributed by atoms with E-state index in [9.17, 15) is 14.4 Å². The van der Waals surface area contributed by atoms with E-state index in [1.165, 1.54) is 6.92 Å². The lowest BCUT2D eigenvalue weighted by Crippen LogP contribution is -2.23. The topological polar surface area (TPSA) is 81.7 Å². The largest absolute Gasteiger partial charge is 0.482 e. The molecule has 0 radical (unpaired) electrons. The minimum atomic E-state index is -0.667. The van der Waals surface area contributed by atoms with Gasteiger partial charge in [0.2, 0.25) is 0 Å². The molecule has 2 rings (SSSR count). The number of carbonyl (C=O) groups is 3. The third-order valence-corrected chi connectivity index (χ3v) is 3.58. The molecule has 0 aliphatic carbocycles. The summed E-state index contributed by atoms with van der Waals surface area (Å²) in [4.78, 5) is 34.5. The standard InChI is InChI=1S/C18H16BrNO5/c1-12(21)13-5-7-16(8-6-13)24-11-18(23)25-10-17(22)20-15-4-2-3-14(19)9-15/h2-9H,10-11H2,1H3,(H,20,22). The Bertz CT molecular complexity index is 773. The Kier molecular flexibility index (Phi) is 6.71. The summed E-state index contributed by atoms with van der Waals surface area (Å²) in [6.07, 6.45) is 0. The van der Waals surface area contributed by atoms with Gasteiger partial charge in [0.15, 0.2) is 19.0 Å². The Morgan fingerprint density at radius 1 is 1.04 bits per heavy atom. The third kappa shape index (κ3) is 6.39. The number of rotatable bonds is 7. The van der Waals surface area contributed by atoms with Gasteiger partial charge < -0.3 is 14.8 Å². The monoisotopic (exact) mass is 405 g/mol. The number of Topliss-reactive ketones (excluding diaryl/α,β-unsaturated/α-hetero) is 1. The van der Waals surface area contributed by atoms with Gasteiger partial charge in [-0.15, -0.1) is 0 Å². The Morgan fingerprint density at radius 2 is 1.76 bits per heavy atom. The van der Waals surface area contributed by atoms with Gasteiger partial charge in [0, 0.05) is 15.7 Å². The number of nitrogens with one attached hydrogen (secondary N) is 1. The van der Waals surface area contributed by atoms with Gasteiger partial charge in [-0.05, 0) is 49.4 Å². The maximum atomic E-state index is 11.7. The van der Waals surface area contributed by atoms with E-state index in [0.29, 0.717) is 17.0 Å². The van der Waals surface area contributed by atoms with Crippen LogP contribution in [0.2, 0.25) is 0 Å². The summed E-state index contributed by atoms with van der Waals surface area (Å²) in [5.74, 6) is -0.736. The minimum absolute atomic E-state index is 0.0533. The third-order valence-electron chi connectivity index (χ3n) is 3.09. The molecule has 0 fully saturated rings. The van der Waals surface area contributed by atoms with Crippen molar-refractivity contribution in [2.75, 3.05) is 18.5 Å². The Morgan fingerprint density at radius 3 is 2.40 bits per heavy atom. The first kappa shape index (κ1) is 18.7. The van der Waals surface area contributed by atoms with Crippen molar-refractivity contribution >= 4 is 39.3 Å². The minimum Gasteiger partial charge on any atom is -0.482 e. The van der Waals surface area contributed by atoms with Crippen molar-refractivity contribution in [2.45, 2.75) is 6.92 Å². The van der Waals surface area contributed by atoms with Gasteiger partial charge >= 0.3 is 5.97 Å². The first-order valence-corrected chi connectivity index (χ1v) is 8.18. The van der Waals surface area contributed by atoms with Crippen molar-refractivity contribution in [1.82, 2.24) is 0 Å². The highest BCUT2D eigenvalue weighted by molar-refractivity contribution is 9.10. The second-order valence-electron chi connectivity index (χ2n) is 5.09. The number of benzene rings is 2. The predicted molar refractivity (Wildman–Crippen MR) is 95.7 cm³/mol. The van der Waals surface area contributed by atoms with E-state index in [4.69, 9.17) is 9.47 Å². The van der Waals surface area contributed by atoms with E-state index < -0.39 is 18.5 Å². The molecule has 0 saturated carbocycles. The Labute approximate surface area is 153 Å². The van der Waals surface area contributed by atoms with E-state index in [1.807, 2.05) is 6.07 Å². The molecule has 7 heteroatoms. The number of carbonyl (C=O) groups excluding carboxylic acids is 3. The zero-order chi connectivity index (χ0) is 18.2. The zero-order valence-electron chi connectivity index (χ0n) is 13.5. The summed E-state index contributed by atoms with van der Waals surface area (Å²) < 4.78 is 10.9. The number of amides is 1. The van der Waals surface area contributed by atoms with Crippen LogP contribution in [-0.2, 0) is 14.3 Å². The molecule has 2 aromatic rings. The number of esters is 1. The molecule has 0 bridgehead atoms. The van der Waals surface area contributed by atoms with Gasteiger partial charge in [-0.3, -0.25) is 9.59 Å². The molecule has 0 unspecified atom stereocenters. The Balaban J connectivity index is 1.73. The first-order valence-electron chi connectivity index (χ1n) is 7.39. The summed E-state index contributed by atoms with van der Waals surface area (Å²) in [5.41, 5.74) is 1.15. The lowest BCUT2D eigenvalue weighted by Gasteiger charge is -2.08. The van der Waals surface area contributed by atoms with E-state index in [-0.39, 0.29) is 12.4 Å². The van der Waals surface area contributed by atoms with Gasteiger partial charge in [0.1, 0.15) is 5.75 Å². The molecule has 0 atom stereocenters. The average Bonchev–Trinajstić information content (AvgIpc) is 2.58. The molecule has 0 aliphatic heterocycles. The van der Waals surface area contributed by atoms with Gasteiger partial charge in [-0.1, -0.05) is 22.0 Å². The van der Waals surface area contributed by atoms with E-state index in [1.54, 1.807) is 42.5 Å². The molecule has 2 aromatic carbocycles. The molecule has 0 aliphatic rings. The van der Waals surface area contributed by atoms with Crippen molar-refractivity contribution in [3.63, 3.8) is 0 Å². The average molecular weight is 406 g/mol. The zero-order valence-corrected chi connectivity index (χ0v) is 15.0. The van der Waals surface area contributed by atoms with Crippen molar-refractivity contribution in [3.05, 3.63) is 58.6 Å². The van der Waals surface area contributed by atoms with Crippen LogP contribution in [0.4, 0.5) is 5.69 Å². The number of halogens is 1. The van der Waals surface area contributed by atoms with Crippen LogP contribution < -0.4 is 10.1 Å².